The highest BCUT2D eigenvalue weighted by molar-refractivity contribution is 6.34. The Balaban J connectivity index is 0.000000979. The van der Waals surface area contributed by atoms with Crippen LogP contribution in [0.5, 0.6) is 11.5 Å². The third kappa shape index (κ3) is 10.9. The van der Waals surface area contributed by atoms with Crippen molar-refractivity contribution in [2.45, 2.75) is 74.5 Å². The minimum atomic E-state index is -0.944. The second-order valence-electron chi connectivity index (χ2n) is 8.48. The molecule has 0 bridgehead atoms. The predicted molar refractivity (Wildman–Crippen MR) is 162 cm³/mol. The molecule has 0 radical (unpaired) electrons. The SMILES string of the molecule is C/C=C\C.C=CC.CC.CCC.Cc1ccc(C2(C)Oc3cc(Cl)c(C(=O)N4CCOCC4)cc3O2)cc1. The predicted octanol–water partition coefficient (Wildman–Crippen LogP) is 8.98. The van der Waals surface area contributed by atoms with Crippen molar-refractivity contribution >= 4 is 17.5 Å². The molecule has 2 aromatic rings. The Labute approximate surface area is 236 Å². The summed E-state index contributed by atoms with van der Waals surface area (Å²) < 4.78 is 17.4. The number of carbonyl (C=O) groups is 1. The summed E-state index contributed by atoms with van der Waals surface area (Å²) in [4.78, 5) is 14.5. The summed E-state index contributed by atoms with van der Waals surface area (Å²) in [6, 6.07) is 11.3. The molecule has 0 saturated carbocycles. The number of nitrogens with zero attached hydrogens (tertiary/aromatic N) is 1. The molecule has 0 spiro atoms. The minimum absolute atomic E-state index is 0.117. The maximum Gasteiger partial charge on any atom is 0.275 e. The number of halogens is 1. The molecule has 5 nitrogen and oxygen atoms in total. The monoisotopic (exact) mass is 545 g/mol. The zero-order valence-corrected chi connectivity index (χ0v) is 25.7. The van der Waals surface area contributed by atoms with Gasteiger partial charge in [-0.1, -0.05) is 93.8 Å². The third-order valence-corrected chi connectivity index (χ3v) is 5.39. The van der Waals surface area contributed by atoms with Crippen molar-refractivity contribution in [1.29, 1.82) is 0 Å². The van der Waals surface area contributed by atoms with Crippen LogP contribution in [-0.4, -0.2) is 37.1 Å². The van der Waals surface area contributed by atoms with Gasteiger partial charge in [-0.3, -0.25) is 4.79 Å². The van der Waals surface area contributed by atoms with E-state index in [1.807, 2.05) is 84.9 Å². The zero-order valence-electron chi connectivity index (χ0n) is 24.9. The number of hydrogen-bond donors (Lipinski definition) is 0. The van der Waals surface area contributed by atoms with Crippen molar-refractivity contribution in [1.82, 2.24) is 4.90 Å². The highest BCUT2D eigenvalue weighted by Crippen LogP contribution is 2.46. The van der Waals surface area contributed by atoms with Gasteiger partial charge in [0.1, 0.15) is 0 Å². The molecule has 1 saturated heterocycles. The van der Waals surface area contributed by atoms with Crippen LogP contribution in [0.4, 0.5) is 0 Å². The van der Waals surface area contributed by atoms with Crippen LogP contribution in [0.3, 0.4) is 0 Å². The van der Waals surface area contributed by atoms with Crippen LogP contribution in [0.15, 0.2) is 61.2 Å². The molecule has 4 rings (SSSR count). The summed E-state index contributed by atoms with van der Waals surface area (Å²) >= 11 is 6.37. The van der Waals surface area contributed by atoms with Crippen molar-refractivity contribution < 1.29 is 19.0 Å². The Bertz CT molecular complexity index is 978. The molecule has 1 amide bonds. The molecule has 1 atom stereocenters. The van der Waals surface area contributed by atoms with E-state index in [1.54, 1.807) is 23.1 Å². The molecule has 1 unspecified atom stereocenters. The van der Waals surface area contributed by atoms with Crippen LogP contribution in [0.25, 0.3) is 0 Å². The number of carbonyl (C=O) groups excluding carboxylic acids is 1. The van der Waals surface area contributed by atoms with Gasteiger partial charge >= 0.3 is 0 Å². The Morgan fingerprint density at radius 1 is 1.00 bits per heavy atom. The van der Waals surface area contributed by atoms with E-state index in [0.717, 1.165) is 11.1 Å². The number of fused-ring (bicyclic) bond motifs is 1. The van der Waals surface area contributed by atoms with Crippen molar-refractivity contribution in [3.05, 3.63) is 82.9 Å². The van der Waals surface area contributed by atoms with Gasteiger partial charge < -0.3 is 19.1 Å². The summed E-state index contributed by atoms with van der Waals surface area (Å²) in [6.45, 7) is 23.6. The maximum absolute atomic E-state index is 12.8. The van der Waals surface area contributed by atoms with Gasteiger partial charge in [0, 0.05) is 31.6 Å². The lowest BCUT2D eigenvalue weighted by Gasteiger charge is -2.27. The molecule has 6 heteroatoms. The van der Waals surface area contributed by atoms with Crippen molar-refractivity contribution in [3.63, 3.8) is 0 Å². The number of allylic oxidation sites excluding steroid dienone is 3. The third-order valence-electron chi connectivity index (χ3n) is 5.08. The van der Waals surface area contributed by atoms with Gasteiger partial charge in [0.05, 0.1) is 23.8 Å². The van der Waals surface area contributed by atoms with Crippen LogP contribution >= 0.6 is 11.6 Å². The Morgan fingerprint density at radius 2 is 1.45 bits per heavy atom. The fourth-order valence-corrected chi connectivity index (χ4v) is 3.44. The first kappa shape index (κ1) is 35.2. The molecule has 0 aromatic heterocycles. The fourth-order valence-electron chi connectivity index (χ4n) is 3.21. The van der Waals surface area contributed by atoms with Crippen LogP contribution in [-0.2, 0) is 10.5 Å². The fraction of sp³-hybridized carbons (Fsp3) is 0.469. The van der Waals surface area contributed by atoms with Gasteiger partial charge in [-0.25, -0.2) is 0 Å². The molecule has 2 aliphatic heterocycles. The van der Waals surface area contributed by atoms with Crippen LogP contribution in [0, 0.1) is 6.92 Å². The van der Waals surface area contributed by atoms with Gasteiger partial charge in [-0.05, 0) is 33.8 Å². The van der Waals surface area contributed by atoms with E-state index in [1.165, 1.54) is 6.42 Å². The van der Waals surface area contributed by atoms with Gasteiger partial charge in [0.15, 0.2) is 11.5 Å². The van der Waals surface area contributed by atoms with E-state index >= 15 is 0 Å². The number of amides is 1. The number of morpholine rings is 1. The number of hydrogen-bond acceptors (Lipinski definition) is 4. The second-order valence-corrected chi connectivity index (χ2v) is 8.89. The maximum atomic E-state index is 12.8. The Morgan fingerprint density at radius 3 is 1.89 bits per heavy atom. The van der Waals surface area contributed by atoms with Gasteiger partial charge in [-0.2, -0.15) is 0 Å². The van der Waals surface area contributed by atoms with Crippen LogP contribution < -0.4 is 9.47 Å². The number of rotatable bonds is 2. The summed E-state index contributed by atoms with van der Waals surface area (Å²) in [6.07, 6.45) is 7.00. The number of benzene rings is 2. The van der Waals surface area contributed by atoms with E-state index in [4.69, 9.17) is 25.8 Å². The molecular weight excluding hydrogens is 498 g/mol. The molecule has 212 valence electrons. The molecule has 0 N–H and O–H groups in total. The molecular formula is C32H48ClNO4. The smallest absolute Gasteiger partial charge is 0.275 e. The zero-order chi connectivity index (χ0) is 29.1. The normalized spacial score (nSPS) is 16.8. The summed E-state index contributed by atoms with van der Waals surface area (Å²) in [5, 5.41) is 0.358. The molecule has 2 aliphatic rings. The average Bonchev–Trinajstić information content (AvgIpc) is 3.26. The van der Waals surface area contributed by atoms with E-state index < -0.39 is 5.79 Å². The van der Waals surface area contributed by atoms with Gasteiger partial charge in [0.25, 0.3) is 11.7 Å². The van der Waals surface area contributed by atoms with E-state index in [9.17, 15) is 4.79 Å². The molecule has 38 heavy (non-hydrogen) atoms. The van der Waals surface area contributed by atoms with Crippen LogP contribution in [0.2, 0.25) is 5.02 Å². The second kappa shape index (κ2) is 19.3. The van der Waals surface area contributed by atoms with Crippen molar-refractivity contribution in [2.24, 2.45) is 0 Å². The Kier molecular flexibility index (Phi) is 17.9. The molecule has 0 aliphatic carbocycles. The van der Waals surface area contributed by atoms with E-state index in [2.05, 4.69) is 20.4 Å². The lowest BCUT2D eigenvalue weighted by Crippen LogP contribution is -2.40. The highest BCUT2D eigenvalue weighted by atomic mass is 35.5. The first-order valence-electron chi connectivity index (χ1n) is 13.5. The summed E-state index contributed by atoms with van der Waals surface area (Å²) in [7, 11) is 0. The highest BCUT2D eigenvalue weighted by Gasteiger charge is 2.40. The van der Waals surface area contributed by atoms with Gasteiger partial charge in [-0.15, -0.1) is 6.58 Å². The molecule has 1 fully saturated rings. The first-order chi connectivity index (χ1) is 18.2. The summed E-state index contributed by atoms with van der Waals surface area (Å²) in [5.41, 5.74) is 2.48. The average molecular weight is 546 g/mol. The Hall–Kier alpha value is -2.76. The van der Waals surface area contributed by atoms with Crippen LogP contribution in [0.1, 0.15) is 83.3 Å². The standard InChI is InChI=1S/C20H20ClNO4.C4H8.C3H8.C3H6.C2H6/c1-13-3-5-14(6-4-13)20(2)25-17-11-15(16(21)12-18(17)26-20)19(23)22-7-9-24-10-8-22;1-3-4-2;2*1-3-2;1-2/h3-6,11-12H,7-10H2,1-2H3;3-4H,1-2H3;3H2,1-2H3;3H,1H2,2H3;1-2H3/b;4-3-;;;. The van der Waals surface area contributed by atoms with Crippen molar-refractivity contribution in [3.8, 4) is 11.5 Å². The minimum Gasteiger partial charge on any atom is -0.445 e. The quantitative estimate of drug-likeness (QED) is 0.353. The first-order valence-corrected chi connectivity index (χ1v) is 13.9. The lowest BCUT2D eigenvalue weighted by molar-refractivity contribution is -0.0680. The number of ether oxygens (including phenoxy) is 3. The number of aryl methyl sites for hydroxylation is 1. The largest absolute Gasteiger partial charge is 0.445 e. The lowest BCUT2D eigenvalue weighted by atomic mass is 10.1. The van der Waals surface area contributed by atoms with Crippen molar-refractivity contribution in [2.75, 3.05) is 26.3 Å². The molecule has 2 heterocycles. The van der Waals surface area contributed by atoms with E-state index in [0.29, 0.717) is 48.4 Å². The summed E-state index contributed by atoms with van der Waals surface area (Å²) in [5.74, 6) is -0.000627. The van der Waals surface area contributed by atoms with Gasteiger partial charge in [0.2, 0.25) is 0 Å². The molecule has 2 aromatic carbocycles. The van der Waals surface area contributed by atoms with E-state index in [-0.39, 0.29) is 5.91 Å². The topological polar surface area (TPSA) is 48.0 Å².